The molecule has 1 nitrogen and oxygen atoms in total. The number of hydrogen-bond acceptors (Lipinski definition) is 1. The standard InChI is InChI=1S/C16H25N/c1-14-8-4-5-9-15(14)12-16(13-17-2)10-6-3-7-11-16/h4-5,8-9,17H,3,6-7,10-13H2,1-2H3. The lowest BCUT2D eigenvalue weighted by Crippen LogP contribution is -2.36. The van der Waals surface area contributed by atoms with Crippen molar-refractivity contribution in [3.05, 3.63) is 35.4 Å². The summed E-state index contributed by atoms with van der Waals surface area (Å²) >= 11 is 0. The lowest BCUT2D eigenvalue weighted by atomic mass is 9.70. The molecule has 1 saturated carbocycles. The van der Waals surface area contributed by atoms with Gasteiger partial charge in [0.25, 0.3) is 0 Å². The summed E-state index contributed by atoms with van der Waals surface area (Å²) in [5.74, 6) is 0. The summed E-state index contributed by atoms with van der Waals surface area (Å²) in [6.45, 7) is 3.41. The van der Waals surface area contributed by atoms with Gasteiger partial charge in [0.05, 0.1) is 0 Å². The van der Waals surface area contributed by atoms with Gasteiger partial charge < -0.3 is 5.32 Å². The summed E-state index contributed by atoms with van der Waals surface area (Å²) in [5, 5.41) is 3.42. The van der Waals surface area contributed by atoms with Crippen LogP contribution in [0.1, 0.15) is 43.2 Å². The van der Waals surface area contributed by atoms with Gasteiger partial charge in [0.2, 0.25) is 0 Å². The Morgan fingerprint density at radius 1 is 1.12 bits per heavy atom. The largest absolute Gasteiger partial charge is 0.319 e. The maximum atomic E-state index is 3.42. The summed E-state index contributed by atoms with van der Waals surface area (Å²) < 4.78 is 0. The monoisotopic (exact) mass is 231 g/mol. The van der Waals surface area contributed by atoms with Crippen molar-refractivity contribution in [1.29, 1.82) is 0 Å². The molecular formula is C16H25N. The molecule has 94 valence electrons. The fraction of sp³-hybridized carbons (Fsp3) is 0.625. The van der Waals surface area contributed by atoms with Crippen LogP contribution in [0.4, 0.5) is 0 Å². The summed E-state index contributed by atoms with van der Waals surface area (Å²) in [4.78, 5) is 0. The van der Waals surface area contributed by atoms with Gasteiger partial charge >= 0.3 is 0 Å². The van der Waals surface area contributed by atoms with Gasteiger partial charge in [0.15, 0.2) is 0 Å². The summed E-state index contributed by atoms with van der Waals surface area (Å²) in [5.41, 5.74) is 3.51. The number of nitrogens with one attached hydrogen (secondary N) is 1. The zero-order chi connectivity index (χ0) is 12.1. The van der Waals surface area contributed by atoms with Crippen LogP contribution in [0.5, 0.6) is 0 Å². The highest BCUT2D eigenvalue weighted by Gasteiger charge is 2.31. The van der Waals surface area contributed by atoms with Crippen LogP contribution in [0.3, 0.4) is 0 Å². The number of hydrogen-bond donors (Lipinski definition) is 1. The zero-order valence-corrected chi connectivity index (χ0v) is 11.3. The first-order valence-electron chi connectivity index (χ1n) is 6.95. The molecule has 0 bridgehead atoms. The lowest BCUT2D eigenvalue weighted by Gasteiger charge is -2.38. The molecule has 17 heavy (non-hydrogen) atoms. The maximum Gasteiger partial charge on any atom is 0.000799 e. The van der Waals surface area contributed by atoms with Crippen molar-refractivity contribution in [2.75, 3.05) is 13.6 Å². The highest BCUT2D eigenvalue weighted by atomic mass is 14.8. The van der Waals surface area contributed by atoms with Crippen LogP contribution in [-0.4, -0.2) is 13.6 Å². The Hall–Kier alpha value is -0.820. The molecule has 0 heterocycles. The third kappa shape index (κ3) is 3.10. The summed E-state index contributed by atoms with van der Waals surface area (Å²) in [7, 11) is 2.09. The van der Waals surface area contributed by atoms with Gasteiger partial charge in [-0.2, -0.15) is 0 Å². The number of aryl methyl sites for hydroxylation is 1. The molecule has 1 heteroatoms. The zero-order valence-electron chi connectivity index (χ0n) is 11.3. The van der Waals surface area contributed by atoms with Crippen LogP contribution >= 0.6 is 0 Å². The smallest absolute Gasteiger partial charge is 0.000799 e. The fourth-order valence-electron chi connectivity index (χ4n) is 3.31. The van der Waals surface area contributed by atoms with E-state index in [1.165, 1.54) is 50.6 Å². The molecule has 0 amide bonds. The molecule has 1 aliphatic rings. The number of rotatable bonds is 4. The highest BCUT2D eigenvalue weighted by molar-refractivity contribution is 5.27. The summed E-state index contributed by atoms with van der Waals surface area (Å²) in [6, 6.07) is 8.87. The van der Waals surface area contributed by atoms with E-state index < -0.39 is 0 Å². The molecule has 1 aromatic rings. The van der Waals surface area contributed by atoms with E-state index in [2.05, 4.69) is 43.6 Å². The van der Waals surface area contributed by atoms with Crippen molar-refractivity contribution in [3.8, 4) is 0 Å². The van der Waals surface area contributed by atoms with Crippen LogP contribution in [0.25, 0.3) is 0 Å². The minimum Gasteiger partial charge on any atom is -0.319 e. The third-order valence-electron chi connectivity index (χ3n) is 4.29. The first kappa shape index (κ1) is 12.6. The molecule has 0 saturated heterocycles. The van der Waals surface area contributed by atoms with Gasteiger partial charge in [-0.05, 0) is 49.8 Å². The Labute approximate surface area is 106 Å². The first-order valence-corrected chi connectivity index (χ1v) is 6.95. The van der Waals surface area contributed by atoms with Gasteiger partial charge in [-0.3, -0.25) is 0 Å². The van der Waals surface area contributed by atoms with Gasteiger partial charge in [-0.25, -0.2) is 0 Å². The van der Waals surface area contributed by atoms with Gasteiger partial charge in [-0.1, -0.05) is 43.5 Å². The average molecular weight is 231 g/mol. The van der Waals surface area contributed by atoms with Crippen molar-refractivity contribution >= 4 is 0 Å². The van der Waals surface area contributed by atoms with E-state index in [0.717, 1.165) is 0 Å². The Morgan fingerprint density at radius 3 is 2.47 bits per heavy atom. The Morgan fingerprint density at radius 2 is 1.82 bits per heavy atom. The SMILES string of the molecule is CNCC1(Cc2ccccc2C)CCCCC1. The quantitative estimate of drug-likeness (QED) is 0.833. The van der Waals surface area contributed by atoms with Crippen LogP contribution in [-0.2, 0) is 6.42 Å². The van der Waals surface area contributed by atoms with Crippen molar-refractivity contribution in [3.63, 3.8) is 0 Å². The van der Waals surface area contributed by atoms with Crippen molar-refractivity contribution < 1.29 is 0 Å². The molecule has 2 rings (SSSR count). The molecule has 0 radical (unpaired) electrons. The maximum absolute atomic E-state index is 3.42. The number of benzene rings is 1. The molecular weight excluding hydrogens is 206 g/mol. The first-order chi connectivity index (χ1) is 8.26. The molecule has 1 fully saturated rings. The normalized spacial score (nSPS) is 19.2. The van der Waals surface area contributed by atoms with E-state index in [-0.39, 0.29) is 0 Å². The topological polar surface area (TPSA) is 12.0 Å². The van der Waals surface area contributed by atoms with Crippen LogP contribution < -0.4 is 5.32 Å². The molecule has 0 unspecified atom stereocenters. The van der Waals surface area contributed by atoms with Crippen LogP contribution in [0.15, 0.2) is 24.3 Å². The van der Waals surface area contributed by atoms with E-state index in [0.29, 0.717) is 5.41 Å². The van der Waals surface area contributed by atoms with E-state index in [1.54, 1.807) is 5.56 Å². The molecule has 0 atom stereocenters. The Balaban J connectivity index is 2.14. The van der Waals surface area contributed by atoms with Gasteiger partial charge in [0.1, 0.15) is 0 Å². The van der Waals surface area contributed by atoms with Crippen molar-refractivity contribution in [1.82, 2.24) is 5.32 Å². The molecule has 0 spiro atoms. The minimum atomic E-state index is 0.513. The second-order valence-corrected chi connectivity index (χ2v) is 5.69. The highest BCUT2D eigenvalue weighted by Crippen LogP contribution is 2.39. The average Bonchev–Trinajstić information content (AvgIpc) is 2.34. The van der Waals surface area contributed by atoms with E-state index >= 15 is 0 Å². The summed E-state index contributed by atoms with van der Waals surface area (Å²) in [6.07, 6.45) is 8.28. The fourth-order valence-corrected chi connectivity index (χ4v) is 3.31. The molecule has 1 aromatic carbocycles. The predicted octanol–water partition coefficient (Wildman–Crippen LogP) is 3.71. The molecule has 0 aliphatic heterocycles. The van der Waals surface area contributed by atoms with Crippen LogP contribution in [0.2, 0.25) is 0 Å². The van der Waals surface area contributed by atoms with E-state index in [4.69, 9.17) is 0 Å². The van der Waals surface area contributed by atoms with Crippen LogP contribution in [0, 0.1) is 12.3 Å². The Kier molecular flexibility index (Phi) is 4.22. The lowest BCUT2D eigenvalue weighted by molar-refractivity contribution is 0.184. The van der Waals surface area contributed by atoms with Crippen molar-refractivity contribution in [2.24, 2.45) is 5.41 Å². The minimum absolute atomic E-state index is 0.513. The third-order valence-corrected chi connectivity index (χ3v) is 4.29. The molecule has 1 N–H and O–H groups in total. The second kappa shape index (κ2) is 5.68. The molecule has 0 aromatic heterocycles. The van der Waals surface area contributed by atoms with E-state index in [1.807, 2.05) is 0 Å². The van der Waals surface area contributed by atoms with E-state index in [9.17, 15) is 0 Å². The van der Waals surface area contributed by atoms with Gasteiger partial charge in [-0.15, -0.1) is 0 Å². The van der Waals surface area contributed by atoms with Crippen molar-refractivity contribution in [2.45, 2.75) is 45.4 Å². The Bertz CT molecular complexity index is 345. The molecule has 1 aliphatic carbocycles. The van der Waals surface area contributed by atoms with Gasteiger partial charge in [0, 0.05) is 6.54 Å². The predicted molar refractivity (Wildman–Crippen MR) is 74.3 cm³/mol. The second-order valence-electron chi connectivity index (χ2n) is 5.69.